The minimum atomic E-state index is -3.90. The standard InChI is InChI=1S/C20H22N4O6S/c1-14-5-8-17(9-6-14)31(28,29)22-21-13-15-12-16(24(26)27)7-10-18(15)23-11-3-4-19(23)20(25)30-2/h5-10,12-13,19,22H,3-4,11H2,1-2H3. The molecule has 1 aliphatic heterocycles. The molecule has 0 bridgehead atoms. The second kappa shape index (κ2) is 9.13. The van der Waals surface area contributed by atoms with Gasteiger partial charge in [-0.25, -0.2) is 9.63 Å². The van der Waals surface area contributed by atoms with Crippen LogP contribution in [0.1, 0.15) is 24.0 Å². The van der Waals surface area contributed by atoms with Gasteiger partial charge in [0.2, 0.25) is 0 Å². The van der Waals surface area contributed by atoms with Crippen molar-refractivity contribution < 1.29 is 22.9 Å². The van der Waals surface area contributed by atoms with E-state index < -0.39 is 27.0 Å². The highest BCUT2D eigenvalue weighted by molar-refractivity contribution is 7.89. The highest BCUT2D eigenvalue weighted by Crippen LogP contribution is 2.31. The third-order valence-corrected chi connectivity index (χ3v) is 6.20. The fourth-order valence-corrected chi connectivity index (χ4v) is 4.18. The molecule has 11 heteroatoms. The number of aryl methyl sites for hydroxylation is 1. The first-order chi connectivity index (χ1) is 14.7. The van der Waals surface area contributed by atoms with Crippen LogP contribution in [0, 0.1) is 17.0 Å². The van der Waals surface area contributed by atoms with Gasteiger partial charge in [-0.1, -0.05) is 17.7 Å². The molecule has 31 heavy (non-hydrogen) atoms. The van der Waals surface area contributed by atoms with Crippen molar-refractivity contribution in [2.45, 2.75) is 30.7 Å². The summed E-state index contributed by atoms with van der Waals surface area (Å²) < 4.78 is 29.7. The maximum absolute atomic E-state index is 12.4. The Kier molecular flexibility index (Phi) is 6.54. The van der Waals surface area contributed by atoms with E-state index in [1.54, 1.807) is 17.0 Å². The molecule has 1 aliphatic rings. The summed E-state index contributed by atoms with van der Waals surface area (Å²) in [7, 11) is -2.60. The summed E-state index contributed by atoms with van der Waals surface area (Å²) >= 11 is 0. The van der Waals surface area contributed by atoms with E-state index in [0.717, 1.165) is 12.0 Å². The Morgan fingerprint density at radius 3 is 2.65 bits per heavy atom. The molecule has 0 aromatic heterocycles. The number of nitro benzene ring substituents is 1. The molecule has 0 radical (unpaired) electrons. The normalized spacial score (nSPS) is 16.5. The average Bonchev–Trinajstić information content (AvgIpc) is 3.23. The molecule has 164 valence electrons. The molecule has 0 spiro atoms. The molecule has 1 heterocycles. The molecule has 0 amide bonds. The summed E-state index contributed by atoms with van der Waals surface area (Å²) in [4.78, 5) is 26.7. The molecule has 0 aliphatic carbocycles. The molecule has 1 unspecified atom stereocenters. The number of hydrogen-bond donors (Lipinski definition) is 1. The predicted molar refractivity (Wildman–Crippen MR) is 115 cm³/mol. The van der Waals surface area contributed by atoms with E-state index in [1.807, 2.05) is 6.92 Å². The van der Waals surface area contributed by atoms with E-state index in [0.29, 0.717) is 24.2 Å². The highest BCUT2D eigenvalue weighted by atomic mass is 32.2. The quantitative estimate of drug-likeness (QED) is 0.299. The van der Waals surface area contributed by atoms with Crippen molar-refractivity contribution in [2.75, 3.05) is 18.6 Å². The summed E-state index contributed by atoms with van der Waals surface area (Å²) in [6.45, 7) is 2.39. The van der Waals surface area contributed by atoms with Gasteiger partial charge in [0.1, 0.15) is 6.04 Å². The van der Waals surface area contributed by atoms with Crippen LogP contribution in [0.3, 0.4) is 0 Å². The number of nitro groups is 1. The summed E-state index contributed by atoms with van der Waals surface area (Å²) in [6, 6.07) is 9.85. The predicted octanol–water partition coefficient (Wildman–Crippen LogP) is 2.36. The number of rotatable bonds is 7. The smallest absolute Gasteiger partial charge is 0.328 e. The van der Waals surface area contributed by atoms with E-state index in [1.165, 1.54) is 43.7 Å². The lowest BCUT2D eigenvalue weighted by atomic mass is 10.1. The van der Waals surface area contributed by atoms with Gasteiger partial charge in [-0.3, -0.25) is 10.1 Å². The Bertz CT molecular complexity index is 1110. The molecule has 10 nitrogen and oxygen atoms in total. The summed E-state index contributed by atoms with van der Waals surface area (Å²) in [5.41, 5.74) is 1.56. The van der Waals surface area contributed by atoms with Crippen LogP contribution in [0.2, 0.25) is 0 Å². The average molecular weight is 446 g/mol. The number of methoxy groups -OCH3 is 1. The Hall–Kier alpha value is -3.47. The van der Waals surface area contributed by atoms with Crippen molar-refractivity contribution in [3.05, 3.63) is 63.7 Å². The maximum Gasteiger partial charge on any atom is 0.328 e. The van der Waals surface area contributed by atoms with Crippen LogP contribution in [-0.2, 0) is 19.6 Å². The second-order valence-electron chi connectivity index (χ2n) is 7.04. The lowest BCUT2D eigenvalue weighted by Gasteiger charge is -2.26. The van der Waals surface area contributed by atoms with Crippen LogP contribution >= 0.6 is 0 Å². The van der Waals surface area contributed by atoms with E-state index in [4.69, 9.17) is 4.74 Å². The number of hydrogen-bond acceptors (Lipinski definition) is 8. The number of non-ortho nitro benzene ring substituents is 1. The van der Waals surface area contributed by atoms with Gasteiger partial charge in [0.15, 0.2) is 0 Å². The van der Waals surface area contributed by atoms with Gasteiger partial charge in [-0.05, 0) is 38.0 Å². The van der Waals surface area contributed by atoms with Crippen molar-refractivity contribution in [1.82, 2.24) is 4.83 Å². The zero-order valence-corrected chi connectivity index (χ0v) is 17.8. The van der Waals surface area contributed by atoms with E-state index >= 15 is 0 Å². The lowest BCUT2D eigenvalue weighted by molar-refractivity contribution is -0.384. The van der Waals surface area contributed by atoms with E-state index in [-0.39, 0.29) is 10.6 Å². The fourth-order valence-electron chi connectivity index (χ4n) is 3.39. The van der Waals surface area contributed by atoms with Crippen molar-refractivity contribution >= 4 is 33.6 Å². The molecule has 1 fully saturated rings. The van der Waals surface area contributed by atoms with Crippen LogP contribution < -0.4 is 9.73 Å². The van der Waals surface area contributed by atoms with Crippen LogP contribution in [0.15, 0.2) is 52.5 Å². The second-order valence-corrected chi connectivity index (χ2v) is 8.70. The Morgan fingerprint density at radius 1 is 1.29 bits per heavy atom. The van der Waals surface area contributed by atoms with E-state index in [9.17, 15) is 23.3 Å². The van der Waals surface area contributed by atoms with Gasteiger partial charge >= 0.3 is 5.97 Å². The first-order valence-corrected chi connectivity index (χ1v) is 11.0. The van der Waals surface area contributed by atoms with Crippen LogP contribution in [0.4, 0.5) is 11.4 Å². The molecule has 2 aromatic carbocycles. The third-order valence-electron chi connectivity index (χ3n) is 4.97. The Labute approximate surface area is 179 Å². The SMILES string of the molecule is COC(=O)C1CCCN1c1ccc([N+](=O)[O-])cc1C=NNS(=O)(=O)c1ccc(C)cc1. The molecular weight excluding hydrogens is 424 g/mol. The van der Waals surface area contributed by atoms with Crippen molar-refractivity contribution in [3.8, 4) is 0 Å². The van der Waals surface area contributed by atoms with Crippen LogP contribution in [0.5, 0.6) is 0 Å². The lowest BCUT2D eigenvalue weighted by Crippen LogP contribution is -2.37. The highest BCUT2D eigenvalue weighted by Gasteiger charge is 2.33. The molecule has 1 atom stereocenters. The summed E-state index contributed by atoms with van der Waals surface area (Å²) in [6.07, 6.45) is 2.52. The number of sulfonamides is 1. The first kappa shape index (κ1) is 22.2. The molecular formula is C20H22N4O6S. The number of nitrogens with one attached hydrogen (secondary N) is 1. The van der Waals surface area contributed by atoms with E-state index in [2.05, 4.69) is 9.93 Å². The zero-order chi connectivity index (χ0) is 22.6. The van der Waals surface area contributed by atoms with Crippen molar-refractivity contribution in [3.63, 3.8) is 0 Å². The monoisotopic (exact) mass is 446 g/mol. The molecule has 2 aromatic rings. The minimum Gasteiger partial charge on any atom is -0.467 e. The number of nitrogens with zero attached hydrogens (tertiary/aromatic N) is 3. The third kappa shape index (κ3) is 5.00. The summed E-state index contributed by atoms with van der Waals surface area (Å²) in [5, 5.41) is 15.0. The number of carbonyl (C=O) groups is 1. The number of hydrazone groups is 1. The van der Waals surface area contributed by atoms with Gasteiger partial charge in [-0.2, -0.15) is 13.5 Å². The number of anilines is 1. The largest absolute Gasteiger partial charge is 0.467 e. The van der Waals surface area contributed by atoms with Gasteiger partial charge in [-0.15, -0.1) is 0 Å². The molecule has 3 rings (SSSR count). The van der Waals surface area contributed by atoms with Gasteiger partial charge in [0, 0.05) is 29.9 Å². The Morgan fingerprint density at radius 2 is 2.00 bits per heavy atom. The summed E-state index contributed by atoms with van der Waals surface area (Å²) in [5.74, 6) is -0.404. The number of esters is 1. The number of carbonyl (C=O) groups excluding carboxylic acids is 1. The molecule has 0 saturated carbocycles. The van der Waals surface area contributed by atoms with Gasteiger partial charge in [0.25, 0.3) is 15.7 Å². The number of benzene rings is 2. The fraction of sp³-hybridized carbons (Fsp3) is 0.300. The van der Waals surface area contributed by atoms with Gasteiger partial charge in [0.05, 0.1) is 23.1 Å². The minimum absolute atomic E-state index is 0.0415. The number of ether oxygens (including phenoxy) is 1. The Balaban J connectivity index is 1.91. The van der Waals surface area contributed by atoms with Crippen LogP contribution in [0.25, 0.3) is 0 Å². The molecule has 1 N–H and O–H groups in total. The maximum atomic E-state index is 12.4. The molecule has 1 saturated heterocycles. The van der Waals surface area contributed by atoms with Crippen molar-refractivity contribution in [2.24, 2.45) is 5.10 Å². The van der Waals surface area contributed by atoms with Crippen molar-refractivity contribution in [1.29, 1.82) is 0 Å². The first-order valence-electron chi connectivity index (χ1n) is 9.47. The topological polar surface area (TPSA) is 131 Å². The van der Waals surface area contributed by atoms with Crippen LogP contribution in [-0.4, -0.2) is 45.2 Å². The zero-order valence-electron chi connectivity index (χ0n) is 17.0. The van der Waals surface area contributed by atoms with Gasteiger partial charge < -0.3 is 9.64 Å².